The van der Waals surface area contributed by atoms with Crippen LogP contribution in [0.5, 0.6) is 5.75 Å². The lowest BCUT2D eigenvalue weighted by Gasteiger charge is -2.23. The summed E-state index contributed by atoms with van der Waals surface area (Å²) in [7, 11) is -3.81. The van der Waals surface area contributed by atoms with Crippen molar-refractivity contribution in [3.05, 3.63) is 83.0 Å². The fourth-order valence-corrected chi connectivity index (χ4v) is 5.92. The number of nitrogens with zero attached hydrogens (tertiary/aromatic N) is 2. The third kappa shape index (κ3) is 4.23. The van der Waals surface area contributed by atoms with Crippen LogP contribution in [0.15, 0.2) is 82.3 Å². The molecule has 1 aliphatic heterocycles. The molecule has 1 aromatic heterocycles. The van der Waals surface area contributed by atoms with E-state index in [0.717, 1.165) is 28.3 Å². The molecular formula is C26H21BrN2O4S. The second-order valence-electron chi connectivity index (χ2n) is 8.07. The van der Waals surface area contributed by atoms with Crippen molar-refractivity contribution >= 4 is 36.9 Å². The smallest absolute Gasteiger partial charge is 0.268 e. The van der Waals surface area contributed by atoms with Crippen molar-refractivity contribution in [2.24, 2.45) is 0 Å². The van der Waals surface area contributed by atoms with Crippen molar-refractivity contribution in [2.45, 2.75) is 23.8 Å². The molecule has 34 heavy (non-hydrogen) atoms. The molecule has 0 unspecified atom stereocenters. The summed E-state index contributed by atoms with van der Waals surface area (Å²) in [6.45, 7) is 1.30. The largest absolute Gasteiger partial charge is 0.489 e. The lowest BCUT2D eigenvalue weighted by molar-refractivity contribution is 0.0254. The van der Waals surface area contributed by atoms with E-state index in [-0.39, 0.29) is 11.0 Å². The van der Waals surface area contributed by atoms with Gasteiger partial charge < -0.3 is 9.47 Å². The van der Waals surface area contributed by atoms with E-state index in [1.54, 1.807) is 54.7 Å². The third-order valence-corrected chi connectivity index (χ3v) is 8.09. The molecule has 0 saturated carbocycles. The maximum Gasteiger partial charge on any atom is 0.268 e. The van der Waals surface area contributed by atoms with E-state index < -0.39 is 10.0 Å². The molecule has 1 aliphatic rings. The first kappa shape index (κ1) is 22.7. The van der Waals surface area contributed by atoms with Crippen LogP contribution in [0.25, 0.3) is 22.0 Å². The molecular weight excluding hydrogens is 516 g/mol. The number of hydrogen-bond acceptors (Lipinski definition) is 5. The maximum absolute atomic E-state index is 13.4. The number of fused-ring (bicyclic) bond motifs is 1. The second-order valence-corrected chi connectivity index (χ2v) is 10.8. The molecule has 0 N–H and O–H groups in total. The van der Waals surface area contributed by atoms with Gasteiger partial charge in [-0.25, -0.2) is 12.4 Å². The van der Waals surface area contributed by atoms with E-state index in [4.69, 9.17) is 9.47 Å². The van der Waals surface area contributed by atoms with Gasteiger partial charge in [-0.15, -0.1) is 0 Å². The zero-order valence-electron chi connectivity index (χ0n) is 18.1. The van der Waals surface area contributed by atoms with Gasteiger partial charge in [0.05, 0.1) is 29.2 Å². The molecule has 6 nitrogen and oxygen atoms in total. The Bertz CT molecular complexity index is 1500. The summed E-state index contributed by atoms with van der Waals surface area (Å²) in [6.07, 6.45) is 3.20. The van der Waals surface area contributed by atoms with Crippen LogP contribution >= 0.6 is 15.9 Å². The van der Waals surface area contributed by atoms with Crippen molar-refractivity contribution < 1.29 is 17.9 Å². The number of nitriles is 1. The zero-order valence-corrected chi connectivity index (χ0v) is 20.6. The summed E-state index contributed by atoms with van der Waals surface area (Å²) >= 11 is 3.50. The normalized spacial score (nSPS) is 14.7. The second kappa shape index (κ2) is 9.26. The first-order valence-electron chi connectivity index (χ1n) is 10.9. The third-order valence-electron chi connectivity index (χ3n) is 5.91. The molecule has 0 bridgehead atoms. The van der Waals surface area contributed by atoms with Crippen LogP contribution in [0, 0.1) is 11.3 Å². The quantitative estimate of drug-likeness (QED) is 0.325. The molecule has 2 heterocycles. The molecule has 4 aromatic rings. The standard InChI is InChI=1S/C26H21BrN2O4S/c27-20-7-8-25-23(15-20)24(17-29(25)34(30,31)22-4-2-1-3-5-22)18-6-9-26(19(14-18)16-28)33-21-10-12-32-13-11-21/h1-9,14-15,17,21H,10-13H2. The summed E-state index contributed by atoms with van der Waals surface area (Å²) in [5.74, 6) is 0.528. The minimum atomic E-state index is -3.81. The predicted octanol–water partition coefficient (Wildman–Crippen LogP) is 5.74. The van der Waals surface area contributed by atoms with Crippen LogP contribution in [0.1, 0.15) is 18.4 Å². The van der Waals surface area contributed by atoms with Gasteiger partial charge in [-0.1, -0.05) is 40.2 Å². The van der Waals surface area contributed by atoms with E-state index in [2.05, 4.69) is 22.0 Å². The molecule has 172 valence electrons. The summed E-state index contributed by atoms with van der Waals surface area (Å²) in [5.41, 5.74) is 2.42. The van der Waals surface area contributed by atoms with Crippen LogP contribution < -0.4 is 4.74 Å². The van der Waals surface area contributed by atoms with Gasteiger partial charge in [0.2, 0.25) is 0 Å². The van der Waals surface area contributed by atoms with Gasteiger partial charge in [0.15, 0.2) is 0 Å². The Kier molecular flexibility index (Phi) is 6.17. The zero-order chi connectivity index (χ0) is 23.7. The summed E-state index contributed by atoms with van der Waals surface area (Å²) in [4.78, 5) is 0.208. The first-order valence-corrected chi connectivity index (χ1v) is 13.1. The Morgan fingerprint density at radius 2 is 1.79 bits per heavy atom. The SMILES string of the molecule is N#Cc1cc(-c2cn(S(=O)(=O)c3ccccc3)c3ccc(Br)cc23)ccc1OC1CCOCC1. The molecule has 0 atom stereocenters. The molecule has 0 aliphatic carbocycles. The van der Waals surface area contributed by atoms with Crippen molar-refractivity contribution in [3.8, 4) is 22.9 Å². The number of aromatic nitrogens is 1. The van der Waals surface area contributed by atoms with Crippen molar-refractivity contribution in [2.75, 3.05) is 13.2 Å². The van der Waals surface area contributed by atoms with Gasteiger partial charge in [0.1, 0.15) is 17.9 Å². The van der Waals surface area contributed by atoms with Crippen LogP contribution in [-0.2, 0) is 14.8 Å². The molecule has 0 radical (unpaired) electrons. The topological polar surface area (TPSA) is 81.3 Å². The number of rotatable bonds is 5. The molecule has 8 heteroatoms. The van der Waals surface area contributed by atoms with E-state index >= 15 is 0 Å². The summed E-state index contributed by atoms with van der Waals surface area (Å²) in [5, 5.41) is 10.6. The monoisotopic (exact) mass is 536 g/mol. The van der Waals surface area contributed by atoms with Crippen molar-refractivity contribution in [3.63, 3.8) is 0 Å². The van der Waals surface area contributed by atoms with Gasteiger partial charge in [-0.2, -0.15) is 5.26 Å². The highest BCUT2D eigenvalue weighted by Crippen LogP contribution is 2.36. The van der Waals surface area contributed by atoms with Gasteiger partial charge in [0, 0.05) is 34.5 Å². The van der Waals surface area contributed by atoms with Crippen molar-refractivity contribution in [1.29, 1.82) is 5.26 Å². The molecule has 3 aromatic carbocycles. The molecule has 0 amide bonds. The van der Waals surface area contributed by atoms with Crippen LogP contribution in [0.2, 0.25) is 0 Å². The van der Waals surface area contributed by atoms with Gasteiger partial charge >= 0.3 is 0 Å². The minimum absolute atomic E-state index is 0.0144. The van der Waals surface area contributed by atoms with E-state index in [1.807, 2.05) is 18.2 Å². The fraction of sp³-hybridized carbons (Fsp3) is 0.192. The van der Waals surface area contributed by atoms with E-state index in [9.17, 15) is 13.7 Å². The molecule has 1 saturated heterocycles. The van der Waals surface area contributed by atoms with E-state index in [1.165, 1.54) is 3.97 Å². The first-order chi connectivity index (χ1) is 16.5. The Morgan fingerprint density at radius 1 is 1.03 bits per heavy atom. The highest BCUT2D eigenvalue weighted by Gasteiger charge is 2.23. The fourth-order valence-electron chi connectivity index (χ4n) is 4.17. The van der Waals surface area contributed by atoms with Crippen LogP contribution in [0.3, 0.4) is 0 Å². The lowest BCUT2D eigenvalue weighted by atomic mass is 10.0. The lowest BCUT2D eigenvalue weighted by Crippen LogP contribution is -2.26. The Hall–Kier alpha value is -3.12. The Morgan fingerprint density at radius 3 is 2.53 bits per heavy atom. The predicted molar refractivity (Wildman–Crippen MR) is 133 cm³/mol. The van der Waals surface area contributed by atoms with E-state index in [0.29, 0.717) is 35.6 Å². The molecule has 1 fully saturated rings. The summed E-state index contributed by atoms with van der Waals surface area (Å²) in [6, 6.07) is 21.5. The number of ether oxygens (including phenoxy) is 2. The Balaban J connectivity index is 1.62. The molecule has 0 spiro atoms. The highest BCUT2D eigenvalue weighted by atomic mass is 79.9. The molecule has 5 rings (SSSR count). The average molecular weight is 537 g/mol. The summed E-state index contributed by atoms with van der Waals surface area (Å²) < 4.78 is 40.5. The number of halogens is 1. The Labute approximate surface area is 206 Å². The van der Waals surface area contributed by atoms with Crippen LogP contribution in [-0.4, -0.2) is 31.7 Å². The number of benzene rings is 3. The van der Waals surface area contributed by atoms with Gasteiger partial charge in [0.25, 0.3) is 10.0 Å². The van der Waals surface area contributed by atoms with Crippen LogP contribution in [0.4, 0.5) is 0 Å². The average Bonchev–Trinajstić information content (AvgIpc) is 3.25. The van der Waals surface area contributed by atoms with Crippen molar-refractivity contribution in [1.82, 2.24) is 3.97 Å². The number of hydrogen-bond donors (Lipinski definition) is 0. The highest BCUT2D eigenvalue weighted by molar-refractivity contribution is 9.10. The van der Waals surface area contributed by atoms with Gasteiger partial charge in [-0.05, 0) is 48.0 Å². The van der Waals surface area contributed by atoms with Gasteiger partial charge in [-0.3, -0.25) is 0 Å². The maximum atomic E-state index is 13.4. The minimum Gasteiger partial charge on any atom is -0.489 e.